The maximum atomic E-state index is 5.89. The maximum absolute atomic E-state index is 5.89. The highest BCUT2D eigenvalue weighted by molar-refractivity contribution is 6.10. The van der Waals surface area contributed by atoms with Crippen LogP contribution in [0.2, 0.25) is 0 Å². The van der Waals surface area contributed by atoms with Gasteiger partial charge in [0, 0.05) is 33.2 Å². The molecule has 2 heterocycles. The van der Waals surface area contributed by atoms with E-state index in [0.29, 0.717) is 5.88 Å². The normalized spacial score (nSPS) is 13.2. The van der Waals surface area contributed by atoms with Crippen molar-refractivity contribution in [1.29, 1.82) is 0 Å². The molecule has 220 valence electrons. The zero-order valence-corrected chi connectivity index (χ0v) is 25.7. The number of fused-ring (bicyclic) bond motifs is 6. The molecule has 8 aromatic rings. The van der Waals surface area contributed by atoms with Crippen LogP contribution in [0.3, 0.4) is 0 Å². The number of rotatable bonds is 5. The van der Waals surface area contributed by atoms with E-state index in [2.05, 4.69) is 168 Å². The van der Waals surface area contributed by atoms with Crippen LogP contribution >= 0.6 is 0 Å². The molecule has 1 aliphatic rings. The summed E-state index contributed by atoms with van der Waals surface area (Å²) in [6.45, 7) is 4.62. The number of aromatic nitrogens is 2. The van der Waals surface area contributed by atoms with Crippen LogP contribution in [0.5, 0.6) is 0 Å². The lowest BCUT2D eigenvalue weighted by Crippen LogP contribution is -2.16. The van der Waals surface area contributed by atoms with Crippen molar-refractivity contribution < 1.29 is 4.42 Å². The Balaban J connectivity index is 1.12. The number of nitrogens with zero attached hydrogens (tertiary/aromatic N) is 3. The number of para-hydroxylation sites is 2. The van der Waals surface area contributed by atoms with E-state index in [1.165, 1.54) is 56.0 Å². The average Bonchev–Trinajstić information content (AvgIpc) is 3.80. The predicted octanol–water partition coefficient (Wildman–Crippen LogP) is 11.2. The molecule has 2 aromatic heterocycles. The minimum atomic E-state index is -0.0961. The molecule has 0 bridgehead atoms. The van der Waals surface area contributed by atoms with Gasteiger partial charge in [0.1, 0.15) is 0 Å². The lowest BCUT2D eigenvalue weighted by molar-refractivity contribution is 0.564. The van der Waals surface area contributed by atoms with Crippen molar-refractivity contribution in [2.45, 2.75) is 19.3 Å². The van der Waals surface area contributed by atoms with E-state index in [1.807, 2.05) is 0 Å². The third-order valence-corrected chi connectivity index (χ3v) is 9.61. The average molecular weight is 594 g/mol. The summed E-state index contributed by atoms with van der Waals surface area (Å²) in [4.78, 5) is 6.41. The Morgan fingerprint density at radius 3 is 2.11 bits per heavy atom. The molecule has 4 nitrogen and oxygen atoms in total. The first-order valence-corrected chi connectivity index (χ1v) is 15.7. The van der Waals surface area contributed by atoms with Gasteiger partial charge < -0.3 is 8.98 Å². The predicted molar refractivity (Wildman–Crippen MR) is 189 cm³/mol. The standard InChI is InChI=1S/C42H31N3O/c1-42(2)37-14-8-6-12-33(37)34-22-21-32(25-38(34)42)44(41-26-43-27-46-41)31-19-16-28(17-20-31)29-18-23-40-36(24-29)35-13-7-9-15-39(35)45(40)30-10-4-3-5-11-30/h3-27H,1-2H3. The van der Waals surface area contributed by atoms with E-state index in [-0.39, 0.29) is 5.41 Å². The molecule has 9 rings (SSSR count). The molecule has 0 radical (unpaired) electrons. The number of hydrogen-bond donors (Lipinski definition) is 0. The largest absolute Gasteiger partial charge is 0.427 e. The number of hydrogen-bond acceptors (Lipinski definition) is 3. The molecule has 0 aliphatic heterocycles. The van der Waals surface area contributed by atoms with Crippen LogP contribution in [-0.2, 0) is 5.41 Å². The van der Waals surface area contributed by atoms with E-state index < -0.39 is 0 Å². The summed E-state index contributed by atoms with van der Waals surface area (Å²) in [6.07, 6.45) is 3.27. The molecule has 0 saturated heterocycles. The Bertz CT molecular complexity index is 2380. The van der Waals surface area contributed by atoms with Crippen molar-refractivity contribution in [2.75, 3.05) is 4.90 Å². The second kappa shape index (κ2) is 10.1. The Hall–Kier alpha value is -5.87. The van der Waals surface area contributed by atoms with E-state index in [4.69, 9.17) is 4.42 Å². The fourth-order valence-corrected chi connectivity index (χ4v) is 7.37. The monoisotopic (exact) mass is 593 g/mol. The van der Waals surface area contributed by atoms with Gasteiger partial charge >= 0.3 is 0 Å². The molecule has 0 atom stereocenters. The second-order valence-electron chi connectivity index (χ2n) is 12.5. The Morgan fingerprint density at radius 2 is 1.28 bits per heavy atom. The topological polar surface area (TPSA) is 34.2 Å². The molecule has 0 spiro atoms. The Kier molecular flexibility index (Phi) is 5.81. The van der Waals surface area contributed by atoms with Crippen LogP contribution in [0.25, 0.3) is 49.7 Å². The van der Waals surface area contributed by atoms with Gasteiger partial charge in [-0.05, 0) is 88.0 Å². The first kappa shape index (κ1) is 26.5. The van der Waals surface area contributed by atoms with E-state index in [0.717, 1.165) is 22.6 Å². The number of anilines is 3. The smallest absolute Gasteiger partial charge is 0.224 e. The van der Waals surface area contributed by atoms with Gasteiger partial charge in [0.25, 0.3) is 0 Å². The molecule has 4 heteroatoms. The summed E-state index contributed by atoms with van der Waals surface area (Å²) in [7, 11) is 0. The highest BCUT2D eigenvalue weighted by atomic mass is 16.4. The van der Waals surface area contributed by atoms with Crippen molar-refractivity contribution in [3.05, 3.63) is 163 Å². The second-order valence-corrected chi connectivity index (χ2v) is 12.5. The number of benzene rings is 6. The number of oxazole rings is 1. The maximum Gasteiger partial charge on any atom is 0.224 e. The van der Waals surface area contributed by atoms with Gasteiger partial charge in [-0.3, -0.25) is 4.90 Å². The van der Waals surface area contributed by atoms with E-state index in [9.17, 15) is 0 Å². The molecule has 0 saturated carbocycles. The molecular weight excluding hydrogens is 562 g/mol. The Labute approximate surface area is 267 Å². The van der Waals surface area contributed by atoms with Crippen LogP contribution in [-0.4, -0.2) is 9.55 Å². The summed E-state index contributed by atoms with van der Waals surface area (Å²) in [6, 6.07) is 50.2. The minimum absolute atomic E-state index is 0.0961. The zero-order chi connectivity index (χ0) is 30.8. The zero-order valence-electron chi connectivity index (χ0n) is 25.7. The van der Waals surface area contributed by atoms with Crippen molar-refractivity contribution >= 4 is 39.1 Å². The molecule has 0 N–H and O–H groups in total. The van der Waals surface area contributed by atoms with Gasteiger partial charge in [-0.15, -0.1) is 0 Å². The molecule has 46 heavy (non-hydrogen) atoms. The summed E-state index contributed by atoms with van der Waals surface area (Å²) < 4.78 is 8.24. The van der Waals surface area contributed by atoms with Crippen LogP contribution in [0.1, 0.15) is 25.0 Å². The van der Waals surface area contributed by atoms with Crippen LogP contribution < -0.4 is 4.90 Å². The highest BCUT2D eigenvalue weighted by Gasteiger charge is 2.35. The quantitative estimate of drug-likeness (QED) is 0.199. The molecule has 0 amide bonds. The minimum Gasteiger partial charge on any atom is -0.427 e. The lowest BCUT2D eigenvalue weighted by atomic mass is 9.82. The summed E-state index contributed by atoms with van der Waals surface area (Å²) >= 11 is 0. The summed E-state index contributed by atoms with van der Waals surface area (Å²) in [5, 5.41) is 2.49. The first-order chi connectivity index (χ1) is 22.6. The van der Waals surface area contributed by atoms with Crippen LogP contribution in [0, 0.1) is 0 Å². The summed E-state index contributed by atoms with van der Waals surface area (Å²) in [5.74, 6) is 0.677. The van der Waals surface area contributed by atoms with Gasteiger partial charge in [-0.25, -0.2) is 4.98 Å². The molecule has 0 fully saturated rings. The molecular formula is C42H31N3O. The van der Waals surface area contributed by atoms with Crippen molar-refractivity contribution in [3.63, 3.8) is 0 Å². The highest BCUT2D eigenvalue weighted by Crippen LogP contribution is 2.50. The fourth-order valence-electron chi connectivity index (χ4n) is 7.37. The van der Waals surface area contributed by atoms with Gasteiger partial charge in [-0.2, -0.15) is 0 Å². The van der Waals surface area contributed by atoms with Gasteiger partial charge in [-0.1, -0.05) is 98.8 Å². The van der Waals surface area contributed by atoms with Crippen molar-refractivity contribution in [3.8, 4) is 27.9 Å². The fraction of sp³-hybridized carbons (Fsp3) is 0.0714. The van der Waals surface area contributed by atoms with E-state index >= 15 is 0 Å². The van der Waals surface area contributed by atoms with Crippen LogP contribution in [0.15, 0.2) is 157 Å². The SMILES string of the molecule is CC1(C)c2ccccc2-c2ccc(N(c3ccc(-c4ccc5c(c4)c4ccccc4n5-c4ccccc4)cc3)c3cnco3)cc21. The van der Waals surface area contributed by atoms with Crippen molar-refractivity contribution in [2.24, 2.45) is 0 Å². The van der Waals surface area contributed by atoms with Crippen LogP contribution in [0.4, 0.5) is 17.3 Å². The molecule has 0 unspecified atom stereocenters. The lowest BCUT2D eigenvalue weighted by Gasteiger charge is -2.26. The van der Waals surface area contributed by atoms with Gasteiger partial charge in [0.2, 0.25) is 5.88 Å². The molecule has 1 aliphatic carbocycles. The third-order valence-electron chi connectivity index (χ3n) is 9.61. The Morgan fingerprint density at radius 1 is 0.587 bits per heavy atom. The van der Waals surface area contributed by atoms with Gasteiger partial charge in [0.15, 0.2) is 6.39 Å². The molecule has 6 aromatic carbocycles. The van der Waals surface area contributed by atoms with E-state index in [1.54, 1.807) is 6.20 Å². The first-order valence-electron chi connectivity index (χ1n) is 15.7. The summed E-state index contributed by atoms with van der Waals surface area (Å²) in [5.41, 5.74) is 13.1. The third kappa shape index (κ3) is 3.97. The van der Waals surface area contributed by atoms with Gasteiger partial charge in [0.05, 0.1) is 17.2 Å². The van der Waals surface area contributed by atoms with Crippen molar-refractivity contribution in [1.82, 2.24) is 9.55 Å².